The van der Waals surface area contributed by atoms with E-state index in [1.165, 1.54) is 0 Å². The van der Waals surface area contributed by atoms with Crippen LogP contribution in [0.25, 0.3) is 11.3 Å². The van der Waals surface area contributed by atoms with Crippen LogP contribution in [-0.4, -0.2) is 4.57 Å². The van der Waals surface area contributed by atoms with Crippen LogP contribution in [-0.2, 0) is 7.05 Å². The fraction of sp³-hybridized carbons (Fsp3) is 0.0833. The molecule has 0 aliphatic carbocycles. The van der Waals surface area contributed by atoms with E-state index in [-0.39, 0.29) is 11.2 Å². The van der Waals surface area contributed by atoms with Crippen molar-refractivity contribution in [1.29, 1.82) is 0 Å². The van der Waals surface area contributed by atoms with Crippen LogP contribution in [0.5, 0.6) is 0 Å². The SMILES string of the molecule is Cn1c(-c2cccc(Br)c2)ccc(N)c1=O. The summed E-state index contributed by atoms with van der Waals surface area (Å²) in [6, 6.07) is 11.3. The summed E-state index contributed by atoms with van der Waals surface area (Å²) in [5, 5.41) is 0. The molecule has 0 atom stereocenters. The van der Waals surface area contributed by atoms with Gasteiger partial charge in [-0.15, -0.1) is 0 Å². The number of benzene rings is 1. The van der Waals surface area contributed by atoms with Gasteiger partial charge in [0.05, 0.1) is 11.4 Å². The van der Waals surface area contributed by atoms with Crippen LogP contribution in [0.1, 0.15) is 0 Å². The molecule has 16 heavy (non-hydrogen) atoms. The number of nitrogens with two attached hydrogens (primary N) is 1. The Kier molecular flexibility index (Phi) is 2.83. The number of hydrogen-bond acceptors (Lipinski definition) is 2. The topological polar surface area (TPSA) is 48.0 Å². The number of hydrogen-bond donors (Lipinski definition) is 1. The molecule has 2 N–H and O–H groups in total. The first kappa shape index (κ1) is 11.0. The Hall–Kier alpha value is -1.55. The van der Waals surface area contributed by atoms with Gasteiger partial charge in [-0.2, -0.15) is 0 Å². The van der Waals surface area contributed by atoms with E-state index >= 15 is 0 Å². The van der Waals surface area contributed by atoms with Crippen molar-refractivity contribution < 1.29 is 0 Å². The third-order valence-corrected chi connectivity index (χ3v) is 2.95. The van der Waals surface area contributed by atoms with Crippen molar-refractivity contribution in [3.05, 3.63) is 51.2 Å². The molecule has 0 fully saturated rings. The van der Waals surface area contributed by atoms with Gasteiger partial charge in [-0.05, 0) is 29.8 Å². The molecule has 0 saturated carbocycles. The highest BCUT2D eigenvalue weighted by Crippen LogP contribution is 2.21. The fourth-order valence-electron chi connectivity index (χ4n) is 1.59. The van der Waals surface area contributed by atoms with Crippen LogP contribution in [0, 0.1) is 0 Å². The smallest absolute Gasteiger partial charge is 0.273 e. The average Bonchev–Trinajstić information content (AvgIpc) is 2.26. The number of pyridine rings is 1. The Morgan fingerprint density at radius 2 is 2.00 bits per heavy atom. The molecule has 4 heteroatoms. The third-order valence-electron chi connectivity index (χ3n) is 2.45. The number of aromatic nitrogens is 1. The second kappa shape index (κ2) is 4.14. The summed E-state index contributed by atoms with van der Waals surface area (Å²) in [6.45, 7) is 0. The van der Waals surface area contributed by atoms with E-state index in [4.69, 9.17) is 5.73 Å². The Morgan fingerprint density at radius 3 is 2.69 bits per heavy atom. The molecule has 1 heterocycles. The lowest BCUT2D eigenvalue weighted by atomic mass is 10.1. The van der Waals surface area contributed by atoms with E-state index < -0.39 is 0 Å². The molecule has 1 aromatic carbocycles. The Bertz CT molecular complexity index is 590. The summed E-state index contributed by atoms with van der Waals surface area (Å²) >= 11 is 3.40. The molecular formula is C12H11BrN2O. The van der Waals surface area contributed by atoms with Gasteiger partial charge in [-0.25, -0.2) is 0 Å². The van der Waals surface area contributed by atoms with Crippen LogP contribution in [0.15, 0.2) is 45.7 Å². The van der Waals surface area contributed by atoms with Gasteiger partial charge in [0.15, 0.2) is 0 Å². The lowest BCUT2D eigenvalue weighted by Crippen LogP contribution is -2.21. The average molecular weight is 279 g/mol. The van der Waals surface area contributed by atoms with Crippen molar-refractivity contribution in [1.82, 2.24) is 4.57 Å². The summed E-state index contributed by atoms with van der Waals surface area (Å²) in [6.07, 6.45) is 0. The second-order valence-electron chi connectivity index (χ2n) is 3.55. The van der Waals surface area contributed by atoms with E-state index in [1.54, 1.807) is 17.7 Å². The van der Waals surface area contributed by atoms with E-state index in [0.29, 0.717) is 0 Å². The summed E-state index contributed by atoms with van der Waals surface area (Å²) < 4.78 is 2.53. The molecule has 0 aliphatic heterocycles. The molecule has 2 aromatic rings. The highest BCUT2D eigenvalue weighted by Gasteiger charge is 2.05. The molecular weight excluding hydrogens is 268 g/mol. The first-order chi connectivity index (χ1) is 7.59. The van der Waals surface area contributed by atoms with Crippen molar-refractivity contribution in [2.24, 2.45) is 7.05 Å². The predicted octanol–water partition coefficient (Wildman–Crippen LogP) is 2.40. The van der Waals surface area contributed by atoms with Gasteiger partial charge < -0.3 is 10.3 Å². The highest BCUT2D eigenvalue weighted by atomic mass is 79.9. The molecule has 0 radical (unpaired) electrons. The van der Waals surface area contributed by atoms with Crippen LogP contribution in [0.4, 0.5) is 5.69 Å². The van der Waals surface area contributed by atoms with Crippen molar-refractivity contribution in [2.75, 3.05) is 5.73 Å². The normalized spacial score (nSPS) is 10.4. The number of nitrogen functional groups attached to an aromatic ring is 1. The molecule has 0 aliphatic rings. The van der Waals surface area contributed by atoms with Crippen molar-refractivity contribution in [3.8, 4) is 11.3 Å². The molecule has 0 spiro atoms. The number of anilines is 1. The molecule has 0 bridgehead atoms. The first-order valence-corrected chi connectivity index (χ1v) is 5.60. The van der Waals surface area contributed by atoms with Gasteiger partial charge in [0.2, 0.25) is 0 Å². The quantitative estimate of drug-likeness (QED) is 0.871. The van der Waals surface area contributed by atoms with E-state index in [2.05, 4.69) is 15.9 Å². The number of halogens is 1. The first-order valence-electron chi connectivity index (χ1n) is 4.81. The lowest BCUT2D eigenvalue weighted by molar-refractivity contribution is 0.874. The second-order valence-corrected chi connectivity index (χ2v) is 4.46. The van der Waals surface area contributed by atoms with Crippen molar-refractivity contribution in [2.45, 2.75) is 0 Å². The lowest BCUT2D eigenvalue weighted by Gasteiger charge is -2.09. The van der Waals surface area contributed by atoms with Gasteiger partial charge in [-0.1, -0.05) is 28.1 Å². The minimum Gasteiger partial charge on any atom is -0.394 e. The fourth-order valence-corrected chi connectivity index (χ4v) is 1.99. The molecule has 2 rings (SSSR count). The van der Waals surface area contributed by atoms with Crippen molar-refractivity contribution in [3.63, 3.8) is 0 Å². The van der Waals surface area contributed by atoms with Crippen LogP contribution >= 0.6 is 15.9 Å². The van der Waals surface area contributed by atoms with E-state index in [9.17, 15) is 4.79 Å². The van der Waals surface area contributed by atoms with Crippen molar-refractivity contribution >= 4 is 21.6 Å². The zero-order valence-electron chi connectivity index (χ0n) is 8.77. The molecule has 1 aromatic heterocycles. The van der Waals surface area contributed by atoms with Crippen LogP contribution in [0.2, 0.25) is 0 Å². The molecule has 3 nitrogen and oxygen atoms in total. The maximum atomic E-state index is 11.7. The maximum absolute atomic E-state index is 11.7. The minimum atomic E-state index is -0.169. The van der Waals surface area contributed by atoms with Gasteiger partial charge in [-0.3, -0.25) is 4.79 Å². The number of nitrogens with zero attached hydrogens (tertiary/aromatic N) is 1. The van der Waals surface area contributed by atoms with Gasteiger partial charge in [0, 0.05) is 11.5 Å². The highest BCUT2D eigenvalue weighted by molar-refractivity contribution is 9.10. The van der Waals surface area contributed by atoms with Crippen LogP contribution in [0.3, 0.4) is 0 Å². The van der Waals surface area contributed by atoms with Gasteiger partial charge in [0.25, 0.3) is 5.56 Å². The summed E-state index contributed by atoms with van der Waals surface area (Å²) in [7, 11) is 1.72. The summed E-state index contributed by atoms with van der Waals surface area (Å²) in [5.41, 5.74) is 7.48. The maximum Gasteiger partial charge on any atom is 0.273 e. The summed E-state index contributed by atoms with van der Waals surface area (Å²) in [4.78, 5) is 11.7. The Morgan fingerprint density at radius 1 is 1.25 bits per heavy atom. The Balaban J connectivity index is 2.66. The number of rotatable bonds is 1. The van der Waals surface area contributed by atoms with Gasteiger partial charge in [0.1, 0.15) is 0 Å². The largest absolute Gasteiger partial charge is 0.394 e. The van der Waals surface area contributed by atoms with Gasteiger partial charge >= 0.3 is 0 Å². The Labute approximate surface area is 102 Å². The third kappa shape index (κ3) is 1.88. The standard InChI is InChI=1S/C12H11BrN2O/c1-15-11(6-5-10(14)12(15)16)8-3-2-4-9(13)7-8/h2-7H,14H2,1H3. The van der Waals surface area contributed by atoms with E-state index in [0.717, 1.165) is 15.7 Å². The zero-order valence-corrected chi connectivity index (χ0v) is 10.4. The zero-order chi connectivity index (χ0) is 11.7. The summed E-state index contributed by atoms with van der Waals surface area (Å²) in [5.74, 6) is 0. The predicted molar refractivity (Wildman–Crippen MR) is 69.2 cm³/mol. The molecule has 0 amide bonds. The minimum absolute atomic E-state index is 0.169. The monoisotopic (exact) mass is 278 g/mol. The molecule has 0 saturated heterocycles. The van der Waals surface area contributed by atoms with Crippen LogP contribution < -0.4 is 11.3 Å². The van der Waals surface area contributed by atoms with E-state index in [1.807, 2.05) is 30.3 Å². The molecule has 82 valence electrons. The molecule has 0 unspecified atom stereocenters.